The van der Waals surface area contributed by atoms with E-state index in [1.54, 1.807) is 0 Å². The summed E-state index contributed by atoms with van der Waals surface area (Å²) in [5.41, 5.74) is 2.08. The number of Topliss-reactive ketones (excluding diaryl/α,β-unsaturated/α-hetero) is 1. The Morgan fingerprint density at radius 2 is 2.44 bits per heavy atom. The Kier molecular flexibility index (Phi) is 1.79. The van der Waals surface area contributed by atoms with Gasteiger partial charge in [0.05, 0.1) is 18.4 Å². The highest BCUT2D eigenvalue weighted by atomic mass is 32.1. The van der Waals surface area contributed by atoms with Gasteiger partial charge in [-0.25, -0.2) is 4.79 Å². The van der Waals surface area contributed by atoms with Crippen molar-refractivity contribution in [2.24, 2.45) is 10.9 Å². The number of aliphatic imine (C=N–C) groups is 1. The van der Waals surface area contributed by atoms with Gasteiger partial charge >= 0.3 is 5.97 Å². The lowest BCUT2D eigenvalue weighted by molar-refractivity contribution is 0.0606. The Bertz CT molecular complexity index is 630. The first-order chi connectivity index (χ1) is 8.66. The van der Waals surface area contributed by atoms with Crippen LogP contribution in [0, 0.1) is 5.92 Å². The minimum atomic E-state index is -0.354. The maximum absolute atomic E-state index is 12.1. The summed E-state index contributed by atoms with van der Waals surface area (Å²) in [6, 6.07) is 1.85. The second-order valence-electron chi connectivity index (χ2n) is 5.10. The van der Waals surface area contributed by atoms with Crippen LogP contribution in [0.2, 0.25) is 0 Å². The molecule has 2 heterocycles. The number of ketones is 1. The van der Waals surface area contributed by atoms with Crippen LogP contribution < -0.4 is 0 Å². The summed E-state index contributed by atoms with van der Waals surface area (Å²) in [6.07, 6.45) is 1.52. The number of ether oxygens (including phenoxy) is 1. The van der Waals surface area contributed by atoms with E-state index in [2.05, 4.69) is 4.99 Å². The number of carbonyl (C=O) groups is 2. The molecular formula is C13H11NO3S. The molecule has 92 valence electrons. The van der Waals surface area contributed by atoms with E-state index in [9.17, 15) is 9.59 Å². The quantitative estimate of drug-likeness (QED) is 0.725. The first kappa shape index (κ1) is 10.4. The third-order valence-corrected chi connectivity index (χ3v) is 5.46. The van der Waals surface area contributed by atoms with E-state index in [0.717, 1.165) is 29.1 Å². The smallest absolute Gasteiger partial charge is 0.348 e. The van der Waals surface area contributed by atoms with Crippen LogP contribution in [0.4, 0.5) is 0 Å². The third kappa shape index (κ3) is 1.04. The van der Waals surface area contributed by atoms with Crippen LogP contribution in [-0.2, 0) is 10.2 Å². The summed E-state index contributed by atoms with van der Waals surface area (Å²) in [4.78, 5) is 29.5. The van der Waals surface area contributed by atoms with Crippen LogP contribution in [0.5, 0.6) is 0 Å². The molecule has 0 bridgehead atoms. The number of thiophene rings is 1. The molecule has 1 aromatic rings. The van der Waals surface area contributed by atoms with E-state index < -0.39 is 0 Å². The zero-order valence-electron chi connectivity index (χ0n) is 9.86. The second-order valence-corrected chi connectivity index (χ2v) is 6.16. The Hall–Kier alpha value is -1.49. The summed E-state index contributed by atoms with van der Waals surface area (Å²) < 4.78 is 4.74. The molecule has 1 saturated carbocycles. The fraction of sp³-hybridized carbons (Fsp3) is 0.462. The Morgan fingerprint density at radius 1 is 1.61 bits per heavy atom. The molecule has 2 aliphatic carbocycles. The van der Waals surface area contributed by atoms with E-state index in [-0.39, 0.29) is 17.2 Å². The maximum atomic E-state index is 12.1. The van der Waals surface area contributed by atoms with Crippen LogP contribution in [0.3, 0.4) is 0 Å². The fourth-order valence-electron chi connectivity index (χ4n) is 3.33. The number of carbonyl (C=O) groups excluding carboxylic acids is 2. The van der Waals surface area contributed by atoms with Gasteiger partial charge in [-0.15, -0.1) is 11.3 Å². The van der Waals surface area contributed by atoms with Crippen molar-refractivity contribution in [3.05, 3.63) is 21.4 Å². The molecule has 18 heavy (non-hydrogen) atoms. The molecule has 0 saturated heterocycles. The summed E-state index contributed by atoms with van der Waals surface area (Å²) in [5.74, 6) is 0.300. The van der Waals surface area contributed by atoms with Crippen LogP contribution >= 0.6 is 11.3 Å². The molecule has 1 spiro atoms. The number of esters is 1. The van der Waals surface area contributed by atoms with Crippen LogP contribution in [0.25, 0.3) is 0 Å². The number of hydrogen-bond acceptors (Lipinski definition) is 5. The SMILES string of the molecule is COC(=O)c1cc2c(s1)C(=O)CC1=NCC3CC123. The molecule has 0 amide bonds. The van der Waals surface area contributed by atoms with Gasteiger partial charge in [0.1, 0.15) is 4.88 Å². The summed E-state index contributed by atoms with van der Waals surface area (Å²) in [5, 5.41) is 0. The highest BCUT2D eigenvalue weighted by Gasteiger charge is 2.64. The molecule has 2 unspecified atom stereocenters. The van der Waals surface area contributed by atoms with Gasteiger partial charge in [0.25, 0.3) is 0 Å². The predicted octanol–water partition coefficient (Wildman–Crippen LogP) is 1.83. The van der Waals surface area contributed by atoms with Gasteiger partial charge in [-0.3, -0.25) is 9.79 Å². The van der Waals surface area contributed by atoms with Gasteiger partial charge in [0.15, 0.2) is 5.78 Å². The van der Waals surface area contributed by atoms with E-state index >= 15 is 0 Å². The molecule has 0 N–H and O–H groups in total. The largest absolute Gasteiger partial charge is 0.465 e. The van der Waals surface area contributed by atoms with Crippen LogP contribution in [-0.4, -0.2) is 31.1 Å². The molecule has 0 aromatic carbocycles. The zero-order chi connectivity index (χ0) is 12.5. The van der Waals surface area contributed by atoms with Gasteiger partial charge in [-0.2, -0.15) is 0 Å². The van der Waals surface area contributed by atoms with Crippen molar-refractivity contribution in [3.8, 4) is 0 Å². The standard InChI is InChI=1S/C13H11NO3S/c1-17-12(16)9-2-7-11(18-9)8(15)3-10-13(7)4-6(13)5-14-10/h2,6H,3-5H2,1H3. The first-order valence-electron chi connectivity index (χ1n) is 5.96. The van der Waals surface area contributed by atoms with Gasteiger partial charge in [0.2, 0.25) is 0 Å². The number of nitrogens with zero attached hydrogens (tertiary/aromatic N) is 1. The molecule has 1 aromatic heterocycles. The topological polar surface area (TPSA) is 55.7 Å². The van der Waals surface area contributed by atoms with Crippen molar-refractivity contribution in [2.75, 3.05) is 13.7 Å². The first-order valence-corrected chi connectivity index (χ1v) is 6.78. The van der Waals surface area contributed by atoms with Crippen LogP contribution in [0.1, 0.15) is 37.7 Å². The number of methoxy groups -OCH3 is 1. The van der Waals surface area contributed by atoms with Gasteiger partial charge in [-0.05, 0) is 24.0 Å². The van der Waals surface area contributed by atoms with E-state index in [1.807, 2.05) is 6.07 Å². The Morgan fingerprint density at radius 3 is 3.17 bits per heavy atom. The molecular weight excluding hydrogens is 250 g/mol. The van der Waals surface area contributed by atoms with Crippen molar-refractivity contribution < 1.29 is 14.3 Å². The normalized spacial score (nSPS) is 31.3. The van der Waals surface area contributed by atoms with Crippen LogP contribution in [0.15, 0.2) is 11.1 Å². The minimum absolute atomic E-state index is 0.00597. The average molecular weight is 261 g/mol. The van der Waals surface area contributed by atoms with Crippen molar-refractivity contribution in [1.29, 1.82) is 0 Å². The molecule has 4 rings (SSSR count). The zero-order valence-corrected chi connectivity index (χ0v) is 10.7. The molecule has 4 nitrogen and oxygen atoms in total. The third-order valence-electron chi connectivity index (χ3n) is 4.30. The Balaban J connectivity index is 1.90. The van der Waals surface area contributed by atoms with Crippen molar-refractivity contribution in [1.82, 2.24) is 0 Å². The highest BCUT2D eigenvalue weighted by Crippen LogP contribution is 2.62. The minimum Gasteiger partial charge on any atom is -0.465 e. The molecule has 3 aliphatic rings. The summed E-state index contributed by atoms with van der Waals surface area (Å²) in [6.45, 7) is 0.839. The monoisotopic (exact) mass is 261 g/mol. The maximum Gasteiger partial charge on any atom is 0.348 e. The Labute approximate surface area is 108 Å². The molecule has 2 atom stereocenters. The van der Waals surface area contributed by atoms with Gasteiger partial charge in [0, 0.05) is 17.7 Å². The summed E-state index contributed by atoms with van der Waals surface area (Å²) in [7, 11) is 1.36. The predicted molar refractivity (Wildman–Crippen MR) is 66.7 cm³/mol. The van der Waals surface area contributed by atoms with Crippen molar-refractivity contribution in [3.63, 3.8) is 0 Å². The van der Waals surface area contributed by atoms with Gasteiger partial charge in [-0.1, -0.05) is 0 Å². The molecule has 0 radical (unpaired) electrons. The molecule has 1 fully saturated rings. The van der Waals surface area contributed by atoms with E-state index in [0.29, 0.717) is 17.2 Å². The molecule has 5 heteroatoms. The number of fused-ring (bicyclic) bond motifs is 1. The average Bonchev–Trinajstić information content (AvgIpc) is 2.75. The summed E-state index contributed by atoms with van der Waals surface area (Å²) >= 11 is 1.27. The van der Waals surface area contributed by atoms with E-state index in [4.69, 9.17) is 4.74 Å². The lowest BCUT2D eigenvalue weighted by Gasteiger charge is -2.21. The highest BCUT2D eigenvalue weighted by molar-refractivity contribution is 7.16. The van der Waals surface area contributed by atoms with E-state index in [1.165, 1.54) is 18.4 Å². The molecule has 1 aliphatic heterocycles. The fourth-order valence-corrected chi connectivity index (χ4v) is 4.43. The number of hydrogen-bond donors (Lipinski definition) is 0. The van der Waals surface area contributed by atoms with Crippen molar-refractivity contribution >= 4 is 28.8 Å². The van der Waals surface area contributed by atoms with Crippen molar-refractivity contribution in [2.45, 2.75) is 18.3 Å². The second kappa shape index (κ2) is 3.09. The lowest BCUT2D eigenvalue weighted by Crippen LogP contribution is -2.29. The number of rotatable bonds is 1. The van der Waals surface area contributed by atoms with Gasteiger partial charge < -0.3 is 4.74 Å². The lowest BCUT2D eigenvalue weighted by atomic mass is 9.81.